The van der Waals surface area contributed by atoms with Crippen molar-refractivity contribution < 1.29 is 9.59 Å². The highest BCUT2D eigenvalue weighted by atomic mass is 16.2. The maximum Gasteiger partial charge on any atom is 0.255 e. The number of imidazole rings is 1. The van der Waals surface area contributed by atoms with Gasteiger partial charge in [-0.05, 0) is 67.4 Å². The first kappa shape index (κ1) is 18.1. The van der Waals surface area contributed by atoms with Crippen molar-refractivity contribution in [3.63, 3.8) is 0 Å². The number of nitrogens with one attached hydrogen (secondary N) is 3. The van der Waals surface area contributed by atoms with E-state index in [2.05, 4.69) is 20.6 Å². The Morgan fingerprint density at radius 3 is 2.33 bits per heavy atom. The van der Waals surface area contributed by atoms with E-state index in [1.54, 1.807) is 12.1 Å². The summed E-state index contributed by atoms with van der Waals surface area (Å²) in [5.41, 5.74) is 4.70. The van der Waals surface area contributed by atoms with Gasteiger partial charge in [-0.15, -0.1) is 0 Å². The Morgan fingerprint density at radius 2 is 1.60 bits per heavy atom. The molecule has 3 aromatic carbocycles. The van der Waals surface area contributed by atoms with E-state index in [1.165, 1.54) is 0 Å². The lowest BCUT2D eigenvalue weighted by atomic mass is 10.1. The molecule has 1 aliphatic carbocycles. The van der Waals surface area contributed by atoms with Crippen molar-refractivity contribution in [2.24, 2.45) is 5.92 Å². The van der Waals surface area contributed by atoms with Crippen LogP contribution < -0.4 is 10.6 Å². The van der Waals surface area contributed by atoms with Gasteiger partial charge in [-0.2, -0.15) is 0 Å². The molecule has 1 aliphatic rings. The molecule has 1 saturated carbocycles. The molecule has 30 heavy (non-hydrogen) atoms. The number of benzene rings is 3. The molecule has 0 bridgehead atoms. The second-order valence-corrected chi connectivity index (χ2v) is 7.48. The zero-order valence-corrected chi connectivity index (χ0v) is 16.2. The van der Waals surface area contributed by atoms with Gasteiger partial charge in [0.2, 0.25) is 5.91 Å². The van der Waals surface area contributed by atoms with Gasteiger partial charge in [0.05, 0.1) is 11.0 Å². The molecule has 5 rings (SSSR count). The summed E-state index contributed by atoms with van der Waals surface area (Å²) in [6.45, 7) is 0. The molecular weight excluding hydrogens is 376 g/mol. The molecule has 0 radical (unpaired) electrons. The topological polar surface area (TPSA) is 86.9 Å². The lowest BCUT2D eigenvalue weighted by molar-refractivity contribution is -0.117. The number of hydrogen-bond donors (Lipinski definition) is 3. The van der Waals surface area contributed by atoms with E-state index in [0.717, 1.165) is 41.0 Å². The minimum Gasteiger partial charge on any atom is -0.338 e. The van der Waals surface area contributed by atoms with Gasteiger partial charge in [0, 0.05) is 28.4 Å². The zero-order chi connectivity index (χ0) is 20.5. The number of aromatic amines is 1. The van der Waals surface area contributed by atoms with Crippen LogP contribution in [0.1, 0.15) is 23.2 Å². The Balaban J connectivity index is 1.32. The van der Waals surface area contributed by atoms with Crippen LogP contribution in [-0.4, -0.2) is 21.8 Å². The summed E-state index contributed by atoms with van der Waals surface area (Å²) >= 11 is 0. The number of carbonyl (C=O) groups excluding carboxylic acids is 2. The average Bonchev–Trinajstić information content (AvgIpc) is 3.54. The Kier molecular flexibility index (Phi) is 4.52. The second kappa shape index (κ2) is 7.48. The molecule has 1 fully saturated rings. The van der Waals surface area contributed by atoms with E-state index in [-0.39, 0.29) is 17.7 Å². The van der Waals surface area contributed by atoms with Crippen LogP contribution in [0, 0.1) is 5.92 Å². The standard InChI is InChI=1S/C24H20N4O2/c29-23(16-4-2-1-3-5-16)25-18-10-8-15(9-11-18)22-27-20-13-12-19(14-21(20)28-22)26-24(30)17-6-7-17/h1-5,8-14,17H,6-7H2,(H,25,29)(H,26,30)(H,27,28). The lowest BCUT2D eigenvalue weighted by Gasteiger charge is -2.06. The van der Waals surface area contributed by atoms with Crippen molar-refractivity contribution in [1.82, 2.24) is 9.97 Å². The molecule has 2 amide bonds. The highest BCUT2D eigenvalue weighted by molar-refractivity contribution is 6.04. The van der Waals surface area contributed by atoms with Gasteiger partial charge in [-0.3, -0.25) is 9.59 Å². The van der Waals surface area contributed by atoms with Crippen LogP contribution in [0.25, 0.3) is 22.4 Å². The molecule has 1 heterocycles. The average molecular weight is 396 g/mol. The number of rotatable bonds is 5. The number of fused-ring (bicyclic) bond motifs is 1. The Labute approximate surface area is 173 Å². The maximum atomic E-state index is 12.3. The van der Waals surface area contributed by atoms with Crippen molar-refractivity contribution in [3.05, 3.63) is 78.4 Å². The summed E-state index contributed by atoms with van der Waals surface area (Å²) in [5.74, 6) is 0.839. The summed E-state index contributed by atoms with van der Waals surface area (Å²) < 4.78 is 0. The second-order valence-electron chi connectivity index (χ2n) is 7.48. The van der Waals surface area contributed by atoms with Crippen molar-refractivity contribution in [1.29, 1.82) is 0 Å². The fourth-order valence-electron chi connectivity index (χ4n) is 3.32. The van der Waals surface area contributed by atoms with Crippen LogP contribution in [0.2, 0.25) is 0 Å². The van der Waals surface area contributed by atoms with E-state index in [9.17, 15) is 9.59 Å². The van der Waals surface area contributed by atoms with Crippen molar-refractivity contribution >= 4 is 34.2 Å². The van der Waals surface area contributed by atoms with Crippen LogP contribution in [0.15, 0.2) is 72.8 Å². The molecule has 1 aromatic heterocycles. The molecule has 6 nitrogen and oxygen atoms in total. The van der Waals surface area contributed by atoms with Crippen molar-refractivity contribution in [2.45, 2.75) is 12.8 Å². The number of nitrogens with zero attached hydrogens (tertiary/aromatic N) is 1. The molecule has 0 aliphatic heterocycles. The molecule has 0 atom stereocenters. The van der Waals surface area contributed by atoms with E-state index in [0.29, 0.717) is 11.3 Å². The highest BCUT2D eigenvalue weighted by Gasteiger charge is 2.29. The van der Waals surface area contributed by atoms with E-state index < -0.39 is 0 Å². The normalized spacial score (nSPS) is 13.2. The van der Waals surface area contributed by atoms with Crippen molar-refractivity contribution in [3.8, 4) is 11.4 Å². The van der Waals surface area contributed by atoms with Crippen molar-refractivity contribution in [2.75, 3.05) is 10.6 Å². The predicted molar refractivity (Wildman–Crippen MR) is 117 cm³/mol. The monoisotopic (exact) mass is 396 g/mol. The molecule has 0 unspecified atom stereocenters. The summed E-state index contributed by atoms with van der Waals surface area (Å²) in [6.07, 6.45) is 1.95. The fraction of sp³-hybridized carbons (Fsp3) is 0.125. The third-order valence-corrected chi connectivity index (χ3v) is 5.15. The predicted octanol–water partition coefficient (Wildman–Crippen LogP) is 4.83. The Morgan fingerprint density at radius 1 is 0.867 bits per heavy atom. The van der Waals surface area contributed by atoms with Crippen LogP contribution in [0.5, 0.6) is 0 Å². The van der Waals surface area contributed by atoms with Gasteiger partial charge in [-0.25, -0.2) is 4.98 Å². The molecule has 0 spiro atoms. The van der Waals surface area contributed by atoms with Gasteiger partial charge < -0.3 is 15.6 Å². The van der Waals surface area contributed by atoms with Crippen LogP contribution >= 0.6 is 0 Å². The molecule has 148 valence electrons. The summed E-state index contributed by atoms with van der Waals surface area (Å²) in [5, 5.41) is 5.85. The quantitative estimate of drug-likeness (QED) is 0.451. The summed E-state index contributed by atoms with van der Waals surface area (Å²) in [4.78, 5) is 32.2. The third kappa shape index (κ3) is 3.80. The van der Waals surface area contributed by atoms with E-state index in [1.807, 2.05) is 60.7 Å². The smallest absolute Gasteiger partial charge is 0.255 e. The SMILES string of the molecule is O=C(Nc1ccc(-c2nc3ccc(NC(=O)C4CC4)cc3[nH]2)cc1)c1ccccc1. The van der Waals surface area contributed by atoms with Gasteiger partial charge in [0.25, 0.3) is 5.91 Å². The minimum atomic E-state index is -0.145. The van der Waals surface area contributed by atoms with Crippen LogP contribution in [0.3, 0.4) is 0 Å². The lowest BCUT2D eigenvalue weighted by Crippen LogP contribution is -2.12. The minimum absolute atomic E-state index is 0.0854. The Hall–Kier alpha value is -3.93. The van der Waals surface area contributed by atoms with Gasteiger partial charge >= 0.3 is 0 Å². The molecule has 0 saturated heterocycles. The summed E-state index contributed by atoms with van der Waals surface area (Å²) in [7, 11) is 0. The number of carbonyl (C=O) groups is 2. The van der Waals surface area contributed by atoms with Crippen LogP contribution in [-0.2, 0) is 4.79 Å². The van der Waals surface area contributed by atoms with E-state index in [4.69, 9.17) is 0 Å². The fourth-order valence-corrected chi connectivity index (χ4v) is 3.32. The number of amides is 2. The molecule has 6 heteroatoms. The number of hydrogen-bond acceptors (Lipinski definition) is 3. The summed E-state index contributed by atoms with van der Waals surface area (Å²) in [6, 6.07) is 22.3. The Bertz CT molecular complexity index is 1230. The van der Waals surface area contributed by atoms with Gasteiger partial charge in [0.15, 0.2) is 0 Å². The largest absolute Gasteiger partial charge is 0.338 e. The first-order valence-electron chi connectivity index (χ1n) is 9.93. The van der Waals surface area contributed by atoms with Gasteiger partial charge in [-0.1, -0.05) is 18.2 Å². The highest BCUT2D eigenvalue weighted by Crippen LogP contribution is 2.31. The molecular formula is C24H20N4O2. The molecule has 3 N–H and O–H groups in total. The van der Waals surface area contributed by atoms with Crippen LogP contribution in [0.4, 0.5) is 11.4 Å². The van der Waals surface area contributed by atoms with E-state index >= 15 is 0 Å². The first-order valence-corrected chi connectivity index (χ1v) is 9.93. The van der Waals surface area contributed by atoms with Gasteiger partial charge in [0.1, 0.15) is 5.82 Å². The zero-order valence-electron chi connectivity index (χ0n) is 16.2. The first-order chi connectivity index (χ1) is 14.7. The molecule has 4 aromatic rings. The number of aromatic nitrogens is 2. The number of H-pyrrole nitrogens is 1. The number of anilines is 2. The maximum absolute atomic E-state index is 12.3. The third-order valence-electron chi connectivity index (χ3n) is 5.15.